The highest BCUT2D eigenvalue weighted by atomic mass is 35.5. The van der Waals surface area contributed by atoms with Crippen molar-refractivity contribution in [2.75, 3.05) is 5.73 Å². The van der Waals surface area contributed by atoms with Crippen molar-refractivity contribution in [3.63, 3.8) is 0 Å². The van der Waals surface area contributed by atoms with Gasteiger partial charge in [0.25, 0.3) is 0 Å². The van der Waals surface area contributed by atoms with Crippen LogP contribution in [0.3, 0.4) is 0 Å². The lowest BCUT2D eigenvalue weighted by molar-refractivity contribution is 0.524. The van der Waals surface area contributed by atoms with E-state index in [9.17, 15) is 0 Å². The summed E-state index contributed by atoms with van der Waals surface area (Å²) in [5.74, 6) is 1.07. The number of nitrogens with zero attached hydrogens (tertiary/aromatic N) is 3. The number of hydrogen-bond donors (Lipinski definition) is 2. The Labute approximate surface area is 140 Å². The van der Waals surface area contributed by atoms with E-state index in [1.807, 2.05) is 12.3 Å². The Bertz CT molecular complexity index is 751. The summed E-state index contributed by atoms with van der Waals surface area (Å²) >= 11 is 1.52. The average Bonchev–Trinajstić information content (AvgIpc) is 3.07. The number of hydrogen-bond acceptors (Lipinski definition) is 5. The van der Waals surface area contributed by atoms with Crippen LogP contribution in [0.5, 0.6) is 0 Å². The highest BCUT2D eigenvalue weighted by Gasteiger charge is 2.15. The second-order valence-corrected chi connectivity index (χ2v) is 6.12. The monoisotopic (exact) mass is 337 g/mol. The molecule has 3 aromatic rings. The lowest BCUT2D eigenvalue weighted by Crippen LogP contribution is -2.21. The van der Waals surface area contributed by atoms with Gasteiger partial charge in [-0.2, -0.15) is 0 Å². The number of nitrogens with one attached hydrogen (secondary N) is 1. The molecule has 0 radical (unpaired) electrons. The number of nitrogen functional groups attached to an aromatic ring is 1. The summed E-state index contributed by atoms with van der Waals surface area (Å²) in [6.07, 6.45) is 1.82. The minimum atomic E-state index is 0. The van der Waals surface area contributed by atoms with Crippen LogP contribution in [-0.2, 0) is 13.1 Å². The van der Waals surface area contributed by atoms with E-state index in [2.05, 4.69) is 46.9 Å². The van der Waals surface area contributed by atoms with Crippen LogP contribution in [0.15, 0.2) is 30.5 Å². The molecule has 0 saturated carbocycles. The molecule has 2 aromatic heterocycles. The van der Waals surface area contributed by atoms with Crippen molar-refractivity contribution in [2.45, 2.75) is 33.0 Å². The second kappa shape index (κ2) is 7.09. The molecule has 7 heteroatoms. The summed E-state index contributed by atoms with van der Waals surface area (Å²) in [7, 11) is 0. The maximum absolute atomic E-state index is 5.66. The molecule has 2 heterocycles. The van der Waals surface area contributed by atoms with E-state index < -0.39 is 0 Å². The third kappa shape index (κ3) is 3.24. The number of nitrogens with two attached hydrogens (primary N) is 1. The molecule has 118 valence electrons. The van der Waals surface area contributed by atoms with Crippen LogP contribution in [0.25, 0.3) is 11.0 Å². The number of para-hydroxylation sites is 2. The van der Waals surface area contributed by atoms with Crippen molar-refractivity contribution in [2.24, 2.45) is 0 Å². The Morgan fingerprint density at radius 2 is 2.14 bits per heavy atom. The van der Waals surface area contributed by atoms with Gasteiger partial charge in [-0.1, -0.05) is 12.1 Å². The Morgan fingerprint density at radius 3 is 2.82 bits per heavy atom. The molecule has 0 fully saturated rings. The smallest absolute Gasteiger partial charge is 0.180 e. The molecular weight excluding hydrogens is 318 g/mol. The zero-order valence-electron chi connectivity index (χ0n) is 12.6. The fourth-order valence-electron chi connectivity index (χ4n) is 2.51. The summed E-state index contributed by atoms with van der Waals surface area (Å²) in [5, 5.41) is 4.11. The summed E-state index contributed by atoms with van der Waals surface area (Å²) in [5.41, 5.74) is 7.89. The molecule has 22 heavy (non-hydrogen) atoms. The molecule has 0 aliphatic rings. The SMILES string of the molecule is CCn1c(C(C)NCc2cnc(N)s2)nc2ccccc21.Cl. The summed E-state index contributed by atoms with van der Waals surface area (Å²) in [6.45, 7) is 5.95. The summed E-state index contributed by atoms with van der Waals surface area (Å²) in [6, 6.07) is 8.42. The Kier molecular flexibility index (Phi) is 5.39. The molecule has 1 unspecified atom stereocenters. The summed E-state index contributed by atoms with van der Waals surface area (Å²) in [4.78, 5) is 9.97. The molecule has 0 amide bonds. The molecule has 0 bridgehead atoms. The van der Waals surface area contributed by atoms with E-state index in [-0.39, 0.29) is 18.4 Å². The van der Waals surface area contributed by atoms with Crippen LogP contribution in [-0.4, -0.2) is 14.5 Å². The normalized spacial score (nSPS) is 12.3. The van der Waals surface area contributed by atoms with Crippen LogP contribution >= 0.6 is 23.7 Å². The number of rotatable bonds is 5. The third-order valence-corrected chi connectivity index (χ3v) is 4.37. The van der Waals surface area contributed by atoms with Gasteiger partial charge < -0.3 is 15.6 Å². The van der Waals surface area contributed by atoms with E-state index in [1.165, 1.54) is 16.9 Å². The largest absolute Gasteiger partial charge is 0.375 e. The topological polar surface area (TPSA) is 68.8 Å². The maximum Gasteiger partial charge on any atom is 0.180 e. The maximum atomic E-state index is 5.66. The van der Waals surface area contributed by atoms with E-state index >= 15 is 0 Å². The van der Waals surface area contributed by atoms with Crippen molar-refractivity contribution in [3.8, 4) is 0 Å². The van der Waals surface area contributed by atoms with Crippen LogP contribution in [0.2, 0.25) is 0 Å². The first-order valence-electron chi connectivity index (χ1n) is 7.07. The van der Waals surface area contributed by atoms with Gasteiger partial charge in [-0.25, -0.2) is 9.97 Å². The predicted octanol–water partition coefficient (Wildman–Crippen LogP) is 3.37. The quantitative estimate of drug-likeness (QED) is 0.749. The number of fused-ring (bicyclic) bond motifs is 1. The highest BCUT2D eigenvalue weighted by Crippen LogP contribution is 2.21. The van der Waals surface area contributed by atoms with Gasteiger partial charge in [0.1, 0.15) is 5.82 Å². The molecular formula is C15H20ClN5S. The van der Waals surface area contributed by atoms with Crippen molar-refractivity contribution in [1.82, 2.24) is 19.9 Å². The number of aromatic nitrogens is 3. The van der Waals surface area contributed by atoms with E-state index in [4.69, 9.17) is 10.7 Å². The molecule has 0 aliphatic heterocycles. The minimum Gasteiger partial charge on any atom is -0.375 e. The van der Waals surface area contributed by atoms with E-state index in [0.29, 0.717) is 5.13 Å². The van der Waals surface area contributed by atoms with Gasteiger partial charge in [-0.3, -0.25) is 0 Å². The van der Waals surface area contributed by atoms with Gasteiger partial charge in [-0.05, 0) is 26.0 Å². The fraction of sp³-hybridized carbons (Fsp3) is 0.333. The highest BCUT2D eigenvalue weighted by molar-refractivity contribution is 7.15. The number of aryl methyl sites for hydroxylation is 1. The molecule has 0 aliphatic carbocycles. The molecule has 3 N–H and O–H groups in total. The van der Waals surface area contributed by atoms with Crippen LogP contribution in [0.4, 0.5) is 5.13 Å². The second-order valence-electron chi connectivity index (χ2n) is 4.97. The first-order chi connectivity index (χ1) is 10.2. The van der Waals surface area contributed by atoms with Crippen LogP contribution in [0.1, 0.15) is 30.6 Å². The van der Waals surface area contributed by atoms with Gasteiger partial charge in [0.15, 0.2) is 5.13 Å². The fourth-order valence-corrected chi connectivity index (χ4v) is 3.14. The van der Waals surface area contributed by atoms with Gasteiger partial charge >= 0.3 is 0 Å². The average molecular weight is 338 g/mol. The molecule has 1 atom stereocenters. The van der Waals surface area contributed by atoms with Crippen molar-refractivity contribution in [1.29, 1.82) is 0 Å². The number of halogens is 1. The van der Waals surface area contributed by atoms with Gasteiger partial charge in [0, 0.05) is 24.2 Å². The Hall–Kier alpha value is -1.63. The Balaban J connectivity index is 0.00000176. The van der Waals surface area contributed by atoms with Crippen molar-refractivity contribution < 1.29 is 0 Å². The minimum absolute atomic E-state index is 0. The number of benzene rings is 1. The number of thiazole rings is 1. The Morgan fingerprint density at radius 1 is 1.36 bits per heavy atom. The number of imidazole rings is 1. The van der Waals surface area contributed by atoms with E-state index in [0.717, 1.165) is 29.3 Å². The molecule has 0 saturated heterocycles. The van der Waals surface area contributed by atoms with Crippen LogP contribution in [0, 0.1) is 0 Å². The lowest BCUT2D eigenvalue weighted by atomic mass is 10.3. The van der Waals surface area contributed by atoms with Gasteiger partial charge in [-0.15, -0.1) is 23.7 Å². The van der Waals surface area contributed by atoms with Crippen molar-refractivity contribution >= 4 is 39.9 Å². The predicted molar refractivity (Wildman–Crippen MR) is 94.4 cm³/mol. The zero-order chi connectivity index (χ0) is 14.8. The van der Waals surface area contributed by atoms with Crippen molar-refractivity contribution in [3.05, 3.63) is 41.2 Å². The zero-order valence-corrected chi connectivity index (χ0v) is 14.2. The third-order valence-electron chi connectivity index (χ3n) is 3.54. The molecule has 0 spiro atoms. The standard InChI is InChI=1S/C15H19N5S.ClH/c1-3-20-13-7-5-4-6-12(13)19-14(20)10(2)17-8-11-9-18-15(16)21-11;/h4-7,9-10,17H,3,8H2,1-2H3,(H2,16,18);1H. The first-order valence-corrected chi connectivity index (χ1v) is 7.89. The molecule has 3 rings (SSSR count). The first kappa shape index (κ1) is 16.7. The molecule has 5 nitrogen and oxygen atoms in total. The summed E-state index contributed by atoms with van der Waals surface area (Å²) < 4.78 is 2.26. The van der Waals surface area contributed by atoms with Crippen LogP contribution < -0.4 is 11.1 Å². The molecule has 1 aromatic carbocycles. The van der Waals surface area contributed by atoms with Gasteiger partial charge in [0.05, 0.1) is 17.1 Å². The van der Waals surface area contributed by atoms with E-state index in [1.54, 1.807) is 0 Å². The van der Waals surface area contributed by atoms with Gasteiger partial charge in [0.2, 0.25) is 0 Å². The number of anilines is 1. The lowest BCUT2D eigenvalue weighted by Gasteiger charge is -2.14.